The molecule has 0 heterocycles. The molecule has 3 nitrogen and oxygen atoms in total. The first-order valence-corrected chi connectivity index (χ1v) is 8.82. The van der Waals surface area contributed by atoms with Crippen molar-refractivity contribution in [3.05, 3.63) is 64.2 Å². The van der Waals surface area contributed by atoms with Crippen molar-refractivity contribution in [3.63, 3.8) is 0 Å². The number of unbranched alkanes of at least 4 members (excludes halogenated alkanes) is 3. The van der Waals surface area contributed by atoms with Crippen molar-refractivity contribution in [1.29, 1.82) is 0 Å². The molecule has 2 aromatic carbocycles. The van der Waals surface area contributed by atoms with Gasteiger partial charge in [0.1, 0.15) is 5.75 Å². The molecule has 0 aliphatic carbocycles. The first-order chi connectivity index (χ1) is 11.6. The molecule has 2 aromatic rings. The van der Waals surface area contributed by atoms with Gasteiger partial charge in [-0.15, -0.1) is 0 Å². The lowest BCUT2D eigenvalue weighted by atomic mass is 10.0. The van der Waals surface area contributed by atoms with Gasteiger partial charge in [-0.2, -0.15) is 0 Å². The van der Waals surface area contributed by atoms with Gasteiger partial charge in [0.15, 0.2) is 0 Å². The van der Waals surface area contributed by atoms with Gasteiger partial charge >= 0.3 is 0 Å². The molecule has 128 valence electrons. The van der Waals surface area contributed by atoms with E-state index in [9.17, 15) is 9.90 Å². The maximum absolute atomic E-state index is 12.3. The van der Waals surface area contributed by atoms with Gasteiger partial charge < -0.3 is 10.4 Å². The SMILES string of the molecule is CCCCCCc1ccc(O)c(C(=O)NCc2ccc(Cl)cc2)c1. The quantitative estimate of drug-likeness (QED) is 0.654. The lowest BCUT2D eigenvalue weighted by molar-refractivity contribution is 0.0948. The molecule has 0 radical (unpaired) electrons. The average molecular weight is 346 g/mol. The van der Waals surface area contributed by atoms with Gasteiger partial charge in [-0.25, -0.2) is 0 Å². The lowest BCUT2D eigenvalue weighted by Crippen LogP contribution is -2.23. The highest BCUT2D eigenvalue weighted by atomic mass is 35.5. The summed E-state index contributed by atoms with van der Waals surface area (Å²) in [5.74, 6) is -0.251. The van der Waals surface area contributed by atoms with Crippen molar-refractivity contribution in [2.75, 3.05) is 0 Å². The monoisotopic (exact) mass is 345 g/mol. The lowest BCUT2D eigenvalue weighted by Gasteiger charge is -2.09. The number of aryl methyl sites for hydroxylation is 1. The number of phenols is 1. The smallest absolute Gasteiger partial charge is 0.255 e. The first kappa shape index (κ1) is 18.3. The summed E-state index contributed by atoms with van der Waals surface area (Å²) in [7, 11) is 0. The topological polar surface area (TPSA) is 49.3 Å². The van der Waals surface area contributed by atoms with Crippen LogP contribution in [-0.2, 0) is 13.0 Å². The number of phenolic OH excluding ortho intramolecular Hbond substituents is 1. The van der Waals surface area contributed by atoms with Crippen LogP contribution in [0.3, 0.4) is 0 Å². The number of rotatable bonds is 8. The molecule has 0 aliphatic rings. The first-order valence-electron chi connectivity index (χ1n) is 8.44. The highest BCUT2D eigenvalue weighted by molar-refractivity contribution is 6.30. The van der Waals surface area contributed by atoms with Gasteiger partial charge in [-0.05, 0) is 48.2 Å². The molecule has 0 fully saturated rings. The number of aromatic hydroxyl groups is 1. The Morgan fingerprint density at radius 3 is 2.46 bits per heavy atom. The third-order valence-electron chi connectivity index (χ3n) is 3.99. The summed E-state index contributed by atoms with van der Waals surface area (Å²) in [6.45, 7) is 2.58. The van der Waals surface area contributed by atoms with Crippen molar-refractivity contribution < 1.29 is 9.90 Å². The molecule has 0 bridgehead atoms. The highest BCUT2D eigenvalue weighted by Crippen LogP contribution is 2.20. The van der Waals surface area contributed by atoms with E-state index >= 15 is 0 Å². The number of amides is 1. The minimum Gasteiger partial charge on any atom is -0.507 e. The maximum atomic E-state index is 12.3. The zero-order valence-corrected chi connectivity index (χ0v) is 14.8. The fourth-order valence-corrected chi connectivity index (χ4v) is 2.68. The summed E-state index contributed by atoms with van der Waals surface area (Å²) in [5, 5.41) is 13.5. The number of carbonyl (C=O) groups excluding carboxylic acids is 1. The number of hydrogen-bond acceptors (Lipinski definition) is 2. The van der Waals surface area contributed by atoms with E-state index in [1.165, 1.54) is 19.3 Å². The Kier molecular flexibility index (Phi) is 7.13. The van der Waals surface area contributed by atoms with Crippen LogP contribution in [0.2, 0.25) is 5.02 Å². The van der Waals surface area contributed by atoms with Crippen molar-refractivity contribution in [3.8, 4) is 5.75 Å². The second-order valence-corrected chi connectivity index (χ2v) is 6.41. The van der Waals surface area contributed by atoms with Crippen molar-refractivity contribution in [1.82, 2.24) is 5.32 Å². The largest absolute Gasteiger partial charge is 0.507 e. The second-order valence-electron chi connectivity index (χ2n) is 5.97. The summed E-state index contributed by atoms with van der Waals surface area (Å²) in [6.07, 6.45) is 5.65. The van der Waals surface area contributed by atoms with Crippen LogP contribution >= 0.6 is 11.6 Å². The molecule has 0 saturated heterocycles. The van der Waals surface area contributed by atoms with Gasteiger partial charge in [0.05, 0.1) is 5.56 Å². The van der Waals surface area contributed by atoms with Gasteiger partial charge in [0, 0.05) is 11.6 Å². The molecule has 0 aliphatic heterocycles. The third kappa shape index (κ3) is 5.57. The van der Waals surface area contributed by atoms with Gasteiger partial charge in [-0.3, -0.25) is 4.79 Å². The van der Waals surface area contributed by atoms with E-state index in [4.69, 9.17) is 11.6 Å². The zero-order chi connectivity index (χ0) is 17.4. The van der Waals surface area contributed by atoms with Crippen LogP contribution in [0.1, 0.15) is 54.1 Å². The standard InChI is InChI=1S/C20H24ClNO2/c1-2-3-4-5-6-15-9-12-19(23)18(13-15)20(24)22-14-16-7-10-17(21)11-8-16/h7-13,23H,2-6,14H2,1H3,(H,22,24). The Hall–Kier alpha value is -2.00. The van der Waals surface area contributed by atoms with E-state index in [1.54, 1.807) is 24.3 Å². The van der Waals surface area contributed by atoms with Crippen LogP contribution in [0.25, 0.3) is 0 Å². The third-order valence-corrected chi connectivity index (χ3v) is 4.24. The van der Waals surface area contributed by atoms with E-state index < -0.39 is 0 Å². The Balaban J connectivity index is 1.95. The summed E-state index contributed by atoms with van der Waals surface area (Å²) in [6, 6.07) is 12.6. The number of carbonyl (C=O) groups is 1. The Morgan fingerprint density at radius 1 is 1.04 bits per heavy atom. The molecule has 24 heavy (non-hydrogen) atoms. The van der Waals surface area contributed by atoms with Crippen molar-refractivity contribution in [2.24, 2.45) is 0 Å². The molecular formula is C20H24ClNO2. The van der Waals surface area contributed by atoms with Crippen molar-refractivity contribution in [2.45, 2.75) is 45.6 Å². The number of nitrogens with one attached hydrogen (secondary N) is 1. The van der Waals surface area contributed by atoms with Crippen LogP contribution in [-0.4, -0.2) is 11.0 Å². The Morgan fingerprint density at radius 2 is 1.75 bits per heavy atom. The normalized spacial score (nSPS) is 10.6. The van der Waals surface area contributed by atoms with Crippen LogP contribution in [0.5, 0.6) is 5.75 Å². The number of hydrogen-bond donors (Lipinski definition) is 2. The second kappa shape index (κ2) is 9.33. The number of halogens is 1. The summed E-state index contributed by atoms with van der Waals surface area (Å²) in [4.78, 5) is 12.3. The van der Waals surface area contributed by atoms with Crippen LogP contribution in [0.4, 0.5) is 0 Å². The molecular weight excluding hydrogens is 322 g/mol. The zero-order valence-electron chi connectivity index (χ0n) is 14.0. The molecule has 0 atom stereocenters. The molecule has 2 rings (SSSR count). The predicted octanol–water partition coefficient (Wildman–Crippen LogP) is 5.10. The summed E-state index contributed by atoms with van der Waals surface area (Å²) >= 11 is 5.85. The van der Waals surface area contributed by atoms with Gasteiger partial charge in [0.25, 0.3) is 5.91 Å². The van der Waals surface area contributed by atoms with E-state index in [0.717, 1.165) is 24.0 Å². The molecule has 0 aromatic heterocycles. The van der Waals surface area contributed by atoms with E-state index in [-0.39, 0.29) is 11.7 Å². The molecule has 1 amide bonds. The van der Waals surface area contributed by atoms with Gasteiger partial charge in [-0.1, -0.05) is 56.0 Å². The molecule has 0 saturated carbocycles. The van der Waals surface area contributed by atoms with E-state index in [0.29, 0.717) is 17.1 Å². The summed E-state index contributed by atoms with van der Waals surface area (Å²) < 4.78 is 0. The minimum absolute atomic E-state index is 0.0147. The highest BCUT2D eigenvalue weighted by Gasteiger charge is 2.11. The molecule has 4 heteroatoms. The van der Waals surface area contributed by atoms with Crippen LogP contribution < -0.4 is 5.32 Å². The Labute approximate surface area is 148 Å². The average Bonchev–Trinajstić information content (AvgIpc) is 2.59. The summed E-state index contributed by atoms with van der Waals surface area (Å²) in [5.41, 5.74) is 2.38. The Bertz CT molecular complexity index is 668. The fraction of sp³-hybridized carbons (Fsp3) is 0.350. The maximum Gasteiger partial charge on any atom is 0.255 e. The van der Waals surface area contributed by atoms with E-state index in [2.05, 4.69) is 12.2 Å². The fourth-order valence-electron chi connectivity index (χ4n) is 2.56. The van der Waals surface area contributed by atoms with Crippen molar-refractivity contribution >= 4 is 17.5 Å². The van der Waals surface area contributed by atoms with Gasteiger partial charge in [0.2, 0.25) is 0 Å². The molecule has 0 spiro atoms. The van der Waals surface area contributed by atoms with Crippen LogP contribution in [0.15, 0.2) is 42.5 Å². The number of benzene rings is 2. The predicted molar refractivity (Wildman–Crippen MR) is 98.6 cm³/mol. The van der Waals surface area contributed by atoms with Crippen LogP contribution in [0, 0.1) is 0 Å². The minimum atomic E-state index is -0.266. The van der Waals surface area contributed by atoms with E-state index in [1.807, 2.05) is 18.2 Å². The molecule has 0 unspecified atom stereocenters. The molecule has 2 N–H and O–H groups in total.